The van der Waals surface area contributed by atoms with Crippen LogP contribution in [0.25, 0.3) is 0 Å². The largest absolute Gasteiger partial charge is 0.380 e. The quantitative estimate of drug-likeness (QED) is 0.809. The third-order valence-electron chi connectivity index (χ3n) is 4.35. The fourth-order valence-corrected chi connectivity index (χ4v) is 2.69. The minimum atomic E-state index is -0.439. The van der Waals surface area contributed by atoms with Crippen molar-refractivity contribution in [3.63, 3.8) is 0 Å². The fourth-order valence-electron chi connectivity index (χ4n) is 2.69. The first-order chi connectivity index (χ1) is 8.45. The number of nitriles is 1. The molecule has 0 aromatic rings. The summed E-state index contributed by atoms with van der Waals surface area (Å²) in [5.41, 5.74) is -0.439. The average molecular weight is 253 g/mol. The van der Waals surface area contributed by atoms with Gasteiger partial charge in [0.15, 0.2) is 0 Å². The zero-order chi connectivity index (χ0) is 13.8. The van der Waals surface area contributed by atoms with E-state index < -0.39 is 5.54 Å². The van der Waals surface area contributed by atoms with E-state index in [1.807, 2.05) is 14.0 Å². The highest BCUT2D eigenvalue weighted by Gasteiger charge is 2.32. The molecule has 4 atom stereocenters. The summed E-state index contributed by atoms with van der Waals surface area (Å²) in [4.78, 5) is 2.45. The van der Waals surface area contributed by atoms with Gasteiger partial charge in [-0.15, -0.1) is 0 Å². The molecule has 0 saturated carbocycles. The fraction of sp³-hybridized carbons (Fsp3) is 0.929. The lowest BCUT2D eigenvalue weighted by atomic mass is 9.90. The van der Waals surface area contributed by atoms with Crippen LogP contribution in [-0.2, 0) is 4.74 Å². The van der Waals surface area contributed by atoms with Crippen molar-refractivity contribution >= 4 is 0 Å². The summed E-state index contributed by atoms with van der Waals surface area (Å²) in [5.74, 6) is 0.630. The minimum Gasteiger partial charge on any atom is -0.380 e. The van der Waals surface area contributed by atoms with E-state index in [0.29, 0.717) is 18.1 Å². The van der Waals surface area contributed by atoms with Gasteiger partial charge in [0, 0.05) is 19.7 Å². The van der Waals surface area contributed by atoms with Crippen molar-refractivity contribution in [2.75, 3.05) is 27.2 Å². The number of nitrogens with one attached hydrogen (secondary N) is 1. The van der Waals surface area contributed by atoms with Crippen molar-refractivity contribution in [2.45, 2.75) is 51.3 Å². The lowest BCUT2D eigenvalue weighted by Gasteiger charge is -2.41. The highest BCUT2D eigenvalue weighted by atomic mass is 16.5. The van der Waals surface area contributed by atoms with Gasteiger partial charge < -0.3 is 10.1 Å². The molecule has 0 aliphatic carbocycles. The van der Waals surface area contributed by atoms with Gasteiger partial charge in [-0.1, -0.05) is 6.92 Å². The maximum Gasteiger partial charge on any atom is 0.105 e. The van der Waals surface area contributed by atoms with Gasteiger partial charge in [0.2, 0.25) is 0 Å². The molecule has 0 aromatic carbocycles. The van der Waals surface area contributed by atoms with E-state index in [1.54, 1.807) is 7.11 Å². The maximum absolute atomic E-state index is 9.22. The summed E-state index contributed by atoms with van der Waals surface area (Å²) in [6, 6.07) is 2.76. The molecular formula is C14H27N3O. The molecule has 0 bridgehead atoms. The van der Waals surface area contributed by atoms with E-state index in [0.717, 1.165) is 19.5 Å². The Morgan fingerprint density at radius 2 is 2.28 bits per heavy atom. The molecule has 1 fully saturated rings. The van der Waals surface area contributed by atoms with Crippen LogP contribution in [0, 0.1) is 17.2 Å². The van der Waals surface area contributed by atoms with Crippen LogP contribution in [0.5, 0.6) is 0 Å². The predicted molar refractivity (Wildman–Crippen MR) is 73.3 cm³/mol. The molecular weight excluding hydrogens is 226 g/mol. The Balaban J connectivity index is 2.57. The van der Waals surface area contributed by atoms with E-state index in [2.05, 4.69) is 30.1 Å². The van der Waals surface area contributed by atoms with Crippen molar-refractivity contribution in [3.05, 3.63) is 0 Å². The molecule has 104 valence electrons. The molecule has 18 heavy (non-hydrogen) atoms. The summed E-state index contributed by atoms with van der Waals surface area (Å²) >= 11 is 0. The minimum absolute atomic E-state index is 0.323. The molecule has 0 spiro atoms. The molecule has 0 aromatic heterocycles. The van der Waals surface area contributed by atoms with E-state index in [1.165, 1.54) is 6.42 Å². The number of piperidine rings is 1. The van der Waals surface area contributed by atoms with Crippen LogP contribution in [0.15, 0.2) is 0 Å². The summed E-state index contributed by atoms with van der Waals surface area (Å²) in [5, 5.41) is 12.3. The van der Waals surface area contributed by atoms with Gasteiger partial charge in [0.05, 0.1) is 12.2 Å². The Bertz CT molecular complexity index is 302. The highest BCUT2D eigenvalue weighted by molar-refractivity contribution is 5.05. The third-order valence-corrected chi connectivity index (χ3v) is 4.35. The Morgan fingerprint density at radius 3 is 2.78 bits per heavy atom. The summed E-state index contributed by atoms with van der Waals surface area (Å²) in [7, 11) is 3.65. The molecule has 1 aliphatic rings. The smallest absolute Gasteiger partial charge is 0.105 e. The van der Waals surface area contributed by atoms with Crippen LogP contribution in [0.1, 0.15) is 33.6 Å². The van der Waals surface area contributed by atoms with E-state index in [-0.39, 0.29) is 0 Å². The van der Waals surface area contributed by atoms with Crippen molar-refractivity contribution in [1.29, 1.82) is 5.26 Å². The van der Waals surface area contributed by atoms with Gasteiger partial charge in [0.25, 0.3) is 0 Å². The molecule has 1 N–H and O–H groups in total. The third kappa shape index (κ3) is 3.68. The van der Waals surface area contributed by atoms with Crippen LogP contribution in [0.3, 0.4) is 0 Å². The summed E-state index contributed by atoms with van der Waals surface area (Å²) < 4.78 is 5.54. The maximum atomic E-state index is 9.22. The van der Waals surface area contributed by atoms with E-state index >= 15 is 0 Å². The van der Waals surface area contributed by atoms with E-state index in [4.69, 9.17) is 4.74 Å². The molecule has 4 heteroatoms. The lowest BCUT2D eigenvalue weighted by Crippen LogP contribution is -2.51. The first-order valence-electron chi connectivity index (χ1n) is 6.82. The molecule has 1 saturated heterocycles. The molecule has 1 heterocycles. The normalized spacial score (nSPS) is 30.4. The molecule has 1 aliphatic heterocycles. The van der Waals surface area contributed by atoms with Gasteiger partial charge in [-0.2, -0.15) is 5.26 Å². The Morgan fingerprint density at radius 1 is 1.61 bits per heavy atom. The second-order valence-electron chi connectivity index (χ2n) is 5.78. The zero-order valence-corrected chi connectivity index (χ0v) is 12.4. The van der Waals surface area contributed by atoms with Crippen LogP contribution in [0.4, 0.5) is 0 Å². The summed E-state index contributed by atoms with van der Waals surface area (Å²) in [6.45, 7) is 8.50. The van der Waals surface area contributed by atoms with Gasteiger partial charge in [-0.05, 0) is 46.2 Å². The Hall–Kier alpha value is -0.630. The number of hydrogen-bond acceptors (Lipinski definition) is 4. The van der Waals surface area contributed by atoms with Crippen molar-refractivity contribution in [2.24, 2.45) is 5.92 Å². The SMILES string of the molecule is CNC(C)(C#N)CC(C)N1CCC(C)C(OC)C1. The molecule has 0 radical (unpaired) electrons. The number of likely N-dealkylation sites (tertiary alicyclic amines) is 1. The number of ether oxygens (including phenoxy) is 1. The number of rotatable bonds is 5. The van der Waals surface area contributed by atoms with Crippen LogP contribution < -0.4 is 5.32 Å². The van der Waals surface area contributed by atoms with Crippen molar-refractivity contribution in [1.82, 2.24) is 10.2 Å². The van der Waals surface area contributed by atoms with Gasteiger partial charge in [-0.25, -0.2) is 0 Å². The second kappa shape index (κ2) is 6.51. The average Bonchev–Trinajstić information content (AvgIpc) is 2.39. The lowest BCUT2D eigenvalue weighted by molar-refractivity contribution is -0.0196. The Kier molecular flexibility index (Phi) is 5.58. The molecule has 4 nitrogen and oxygen atoms in total. The van der Waals surface area contributed by atoms with Crippen LogP contribution in [0.2, 0.25) is 0 Å². The summed E-state index contributed by atoms with van der Waals surface area (Å²) in [6.07, 6.45) is 2.33. The highest BCUT2D eigenvalue weighted by Crippen LogP contribution is 2.24. The van der Waals surface area contributed by atoms with Gasteiger partial charge in [0.1, 0.15) is 5.54 Å². The first kappa shape index (κ1) is 15.4. The van der Waals surface area contributed by atoms with Crippen LogP contribution >= 0.6 is 0 Å². The van der Waals surface area contributed by atoms with E-state index in [9.17, 15) is 5.26 Å². The predicted octanol–water partition coefficient (Wildman–Crippen LogP) is 1.62. The number of nitrogens with zero attached hydrogens (tertiary/aromatic N) is 2. The number of hydrogen-bond donors (Lipinski definition) is 1. The zero-order valence-electron chi connectivity index (χ0n) is 12.4. The molecule has 0 amide bonds. The molecule has 1 rings (SSSR count). The first-order valence-corrected chi connectivity index (χ1v) is 6.82. The van der Waals surface area contributed by atoms with Crippen molar-refractivity contribution < 1.29 is 4.74 Å². The molecule has 4 unspecified atom stereocenters. The van der Waals surface area contributed by atoms with Crippen LogP contribution in [-0.4, -0.2) is 49.8 Å². The topological polar surface area (TPSA) is 48.3 Å². The van der Waals surface area contributed by atoms with Gasteiger partial charge >= 0.3 is 0 Å². The Labute approximate surface area is 111 Å². The van der Waals surface area contributed by atoms with Gasteiger partial charge in [-0.3, -0.25) is 4.90 Å². The van der Waals surface area contributed by atoms with Crippen molar-refractivity contribution in [3.8, 4) is 6.07 Å². The standard InChI is InChI=1S/C14H27N3O/c1-11-6-7-17(9-13(11)18-5)12(2)8-14(3,10-15)16-4/h11-13,16H,6-9H2,1-5H3. The second-order valence-corrected chi connectivity index (χ2v) is 5.78. The number of methoxy groups -OCH3 is 1. The monoisotopic (exact) mass is 253 g/mol.